The van der Waals surface area contributed by atoms with Gasteiger partial charge in [0.2, 0.25) is 0 Å². The monoisotopic (exact) mass is 630 g/mol. The van der Waals surface area contributed by atoms with Gasteiger partial charge in [-0.15, -0.1) is 22.7 Å². The molecule has 0 fully saturated rings. The van der Waals surface area contributed by atoms with Crippen LogP contribution in [0.2, 0.25) is 0 Å². The van der Waals surface area contributed by atoms with Crippen molar-refractivity contribution in [2.24, 2.45) is 0 Å². The fourth-order valence-electron chi connectivity index (χ4n) is 4.43. The van der Waals surface area contributed by atoms with Gasteiger partial charge in [-0.25, -0.2) is 0 Å². The van der Waals surface area contributed by atoms with Crippen molar-refractivity contribution in [3.05, 3.63) is 81.2 Å². The Kier molecular flexibility index (Phi) is 9.04. The fourth-order valence-corrected chi connectivity index (χ4v) is 6.72. The van der Waals surface area contributed by atoms with Crippen LogP contribution in [0, 0.1) is 0 Å². The van der Waals surface area contributed by atoms with Gasteiger partial charge in [0.1, 0.15) is 37.9 Å². The van der Waals surface area contributed by atoms with Gasteiger partial charge in [0.15, 0.2) is 35.2 Å². The first-order valence-electron chi connectivity index (χ1n) is 13.5. The summed E-state index contributed by atoms with van der Waals surface area (Å²) in [7, 11) is -3.71. The van der Waals surface area contributed by atoms with E-state index in [4.69, 9.17) is 32.6 Å². The summed E-state index contributed by atoms with van der Waals surface area (Å²) < 4.78 is 65.4. The molecule has 12 heteroatoms. The Balaban J connectivity index is 0.916. The van der Waals surface area contributed by atoms with Crippen LogP contribution in [0.3, 0.4) is 0 Å². The average Bonchev–Trinajstić information content (AvgIpc) is 3.67. The van der Waals surface area contributed by atoms with Crippen LogP contribution in [-0.2, 0) is 27.1 Å². The summed E-state index contributed by atoms with van der Waals surface area (Å²) in [6, 6.07) is 14.9. The molecule has 2 atom stereocenters. The van der Waals surface area contributed by atoms with Crippen molar-refractivity contribution in [1.82, 2.24) is 0 Å². The van der Waals surface area contributed by atoms with Crippen LogP contribution in [0.15, 0.2) is 70.1 Å². The van der Waals surface area contributed by atoms with Gasteiger partial charge in [0.05, 0.1) is 12.4 Å². The van der Waals surface area contributed by atoms with Gasteiger partial charge in [-0.05, 0) is 48.2 Å². The van der Waals surface area contributed by atoms with E-state index in [9.17, 15) is 8.42 Å². The van der Waals surface area contributed by atoms with E-state index in [0.717, 1.165) is 34.1 Å². The second-order valence-electron chi connectivity index (χ2n) is 9.80. The van der Waals surface area contributed by atoms with Crippen LogP contribution in [0.1, 0.15) is 11.1 Å². The van der Waals surface area contributed by atoms with E-state index in [1.807, 2.05) is 70.1 Å². The lowest BCUT2D eigenvalue weighted by Crippen LogP contribution is -2.34. The molecule has 2 aromatic heterocycles. The lowest BCUT2D eigenvalue weighted by atomic mass is 10.1. The number of benzene rings is 2. The molecule has 0 amide bonds. The molecule has 0 bridgehead atoms. The maximum atomic E-state index is 12.6. The molecule has 0 spiro atoms. The predicted octanol–water partition coefficient (Wildman–Crippen LogP) is 5.38. The third-order valence-corrected chi connectivity index (χ3v) is 9.22. The van der Waals surface area contributed by atoms with E-state index in [-0.39, 0.29) is 24.6 Å². The van der Waals surface area contributed by atoms with Crippen molar-refractivity contribution in [1.29, 1.82) is 0 Å². The molecule has 2 aliphatic rings. The molecule has 42 heavy (non-hydrogen) atoms. The zero-order chi connectivity index (χ0) is 28.8. The Morgan fingerprint density at radius 3 is 1.81 bits per heavy atom. The fraction of sp³-hybridized carbons (Fsp3) is 0.333. The molecule has 2 aromatic carbocycles. The van der Waals surface area contributed by atoms with Gasteiger partial charge in [-0.1, -0.05) is 24.3 Å². The Hall–Kier alpha value is -3.45. The van der Waals surface area contributed by atoms with Gasteiger partial charge >= 0.3 is 0 Å². The molecule has 2 unspecified atom stereocenters. The van der Waals surface area contributed by atoms with Crippen molar-refractivity contribution in [3.63, 3.8) is 0 Å². The average molecular weight is 631 g/mol. The maximum Gasteiger partial charge on any atom is 0.267 e. The summed E-state index contributed by atoms with van der Waals surface area (Å²) in [6.07, 6.45) is 0.323. The van der Waals surface area contributed by atoms with Crippen LogP contribution in [0.5, 0.6) is 34.5 Å². The molecule has 0 saturated carbocycles. The van der Waals surface area contributed by atoms with Crippen molar-refractivity contribution in [3.8, 4) is 34.5 Å². The predicted molar refractivity (Wildman–Crippen MR) is 159 cm³/mol. The first-order valence-corrected chi connectivity index (χ1v) is 17.0. The van der Waals surface area contributed by atoms with Crippen LogP contribution < -0.4 is 28.4 Å². The van der Waals surface area contributed by atoms with Crippen molar-refractivity contribution in [2.75, 3.05) is 38.8 Å². The Labute approximate surface area is 252 Å². The van der Waals surface area contributed by atoms with Crippen molar-refractivity contribution >= 4 is 32.8 Å². The minimum Gasteiger partial charge on any atom is -0.490 e. The summed E-state index contributed by atoms with van der Waals surface area (Å²) in [6.45, 7) is 1.55. The van der Waals surface area contributed by atoms with E-state index < -0.39 is 10.1 Å². The van der Waals surface area contributed by atoms with E-state index >= 15 is 0 Å². The number of ether oxygens (including phenoxy) is 6. The number of thiophene rings is 2. The van der Waals surface area contributed by atoms with Gasteiger partial charge in [0.25, 0.3) is 10.1 Å². The van der Waals surface area contributed by atoms with Crippen LogP contribution in [0.4, 0.5) is 0 Å². The lowest BCUT2D eigenvalue weighted by Gasteiger charge is -2.24. The minimum atomic E-state index is -3.71. The number of hydrogen-bond acceptors (Lipinski definition) is 11. The number of aryl methyl sites for hydroxylation is 1. The highest BCUT2D eigenvalue weighted by Gasteiger charge is 2.23. The zero-order valence-corrected chi connectivity index (χ0v) is 25.1. The highest BCUT2D eigenvalue weighted by molar-refractivity contribution is 7.86. The molecule has 2 aliphatic heterocycles. The Morgan fingerprint density at radius 2 is 1.24 bits per heavy atom. The van der Waals surface area contributed by atoms with E-state index in [0.29, 0.717) is 50.8 Å². The molecule has 0 aliphatic carbocycles. The highest BCUT2D eigenvalue weighted by Crippen LogP contribution is 2.36. The summed E-state index contributed by atoms with van der Waals surface area (Å²) in [5, 5.41) is 7.63. The molecule has 6 rings (SSSR count). The first kappa shape index (κ1) is 28.7. The van der Waals surface area contributed by atoms with Gasteiger partial charge in [-0.2, -0.15) is 8.42 Å². The first-order chi connectivity index (χ1) is 20.5. The smallest absolute Gasteiger partial charge is 0.267 e. The number of hydrogen-bond donors (Lipinski definition) is 0. The Morgan fingerprint density at radius 1 is 0.714 bits per heavy atom. The number of rotatable bonds is 13. The molecule has 0 saturated heterocycles. The molecule has 0 radical (unpaired) electrons. The second kappa shape index (κ2) is 13.2. The van der Waals surface area contributed by atoms with E-state index in [2.05, 4.69) is 0 Å². The quantitative estimate of drug-likeness (QED) is 0.180. The SMILES string of the molecule is O=S(=O)(CCc1cccc(OCC2COc3cscc3O2)c1)OCCc1cccc(OCC2COc3cscc3O2)c1. The normalized spacial score (nSPS) is 17.5. The van der Waals surface area contributed by atoms with Gasteiger partial charge in [0, 0.05) is 21.5 Å². The zero-order valence-electron chi connectivity index (χ0n) is 22.6. The van der Waals surface area contributed by atoms with Gasteiger partial charge in [-0.3, -0.25) is 4.18 Å². The number of fused-ring (bicyclic) bond motifs is 2. The largest absolute Gasteiger partial charge is 0.490 e. The lowest BCUT2D eigenvalue weighted by molar-refractivity contribution is 0.0546. The summed E-state index contributed by atoms with van der Waals surface area (Å²) in [5.74, 6) is 4.20. The van der Waals surface area contributed by atoms with Crippen molar-refractivity contribution < 1.29 is 41.0 Å². The standard InChI is InChI=1S/C30H30O9S3/c31-42(32,10-8-22-4-2-6-24(12-22)34-14-26-16-36-28-18-41-20-30(28)39-26)37-9-7-21-3-1-5-23(11-21)33-13-25-15-35-27-17-40-19-29(27)38-25/h1-6,11-12,17-20,25-26H,7-10,13-16H2. The van der Waals surface area contributed by atoms with Crippen LogP contribution in [0.25, 0.3) is 0 Å². The Bertz CT molecular complexity index is 1580. The molecular formula is C30H30O9S3. The molecule has 4 aromatic rings. The molecular weight excluding hydrogens is 601 g/mol. The van der Waals surface area contributed by atoms with Crippen LogP contribution >= 0.6 is 22.7 Å². The van der Waals surface area contributed by atoms with E-state index in [1.54, 1.807) is 0 Å². The topological polar surface area (TPSA) is 98.8 Å². The molecule has 222 valence electrons. The third kappa shape index (κ3) is 7.68. The molecule has 9 nitrogen and oxygen atoms in total. The summed E-state index contributed by atoms with van der Waals surface area (Å²) in [5.41, 5.74) is 1.75. The summed E-state index contributed by atoms with van der Waals surface area (Å²) in [4.78, 5) is 0. The summed E-state index contributed by atoms with van der Waals surface area (Å²) >= 11 is 3.06. The van der Waals surface area contributed by atoms with E-state index in [1.165, 1.54) is 22.7 Å². The van der Waals surface area contributed by atoms with Gasteiger partial charge < -0.3 is 28.4 Å². The molecule has 4 heterocycles. The minimum absolute atomic E-state index is 0.0464. The second-order valence-corrected chi connectivity index (χ2v) is 13.0. The third-order valence-electron chi connectivity index (χ3n) is 6.59. The maximum absolute atomic E-state index is 12.6. The highest BCUT2D eigenvalue weighted by atomic mass is 32.2. The van der Waals surface area contributed by atoms with Crippen LogP contribution in [-0.4, -0.2) is 59.4 Å². The van der Waals surface area contributed by atoms with Crippen molar-refractivity contribution in [2.45, 2.75) is 25.0 Å². The molecule has 0 N–H and O–H groups in total.